The van der Waals surface area contributed by atoms with Gasteiger partial charge in [0.1, 0.15) is 12.1 Å². The molecule has 11 heteroatoms. The molecule has 6 rings (SSSR count). The molecule has 0 amide bonds. The molecule has 0 bridgehead atoms. The summed E-state index contributed by atoms with van der Waals surface area (Å²) in [7, 11) is 2.85. The number of halogens is 1. The van der Waals surface area contributed by atoms with Gasteiger partial charge in [-0.3, -0.25) is 14.4 Å². The largest absolute Gasteiger partial charge is 0.493 e. The van der Waals surface area contributed by atoms with Crippen LogP contribution in [0.25, 0.3) is 6.08 Å². The van der Waals surface area contributed by atoms with Gasteiger partial charge in [0.2, 0.25) is 0 Å². The number of hydrogen-bond donors (Lipinski definition) is 1. The van der Waals surface area contributed by atoms with Crippen LogP contribution in [0.1, 0.15) is 118 Å². The minimum absolute atomic E-state index is 0. The van der Waals surface area contributed by atoms with Crippen LogP contribution in [-0.2, 0) is 28.7 Å². The molecule has 4 saturated carbocycles. The summed E-state index contributed by atoms with van der Waals surface area (Å²) < 4.78 is 22.6. The van der Waals surface area contributed by atoms with Gasteiger partial charge in [-0.2, -0.15) is 11.8 Å². The standard InChI is InChI=1S/C46H65NO8S.ClH/c1-41(2)35-15-19-46(7)38(44(35,5)18-16-36(41)55-39(50)31(47)17-24-56-10)32(48)26-29-30-27-43(4,21-20-42(30,3)22-23-45(29,46)6)40(51)54-33-13-11-28(25-34(33)52-8)12-14-37(49)53-9;/h11-14,25-26,30-31,35-36,38H,15-24,27,47H2,1-10H3;1H/b14-12+;/t30-,31+,35+,36+,38-,42-,43+,44+,45-,46-;/m1./s1. The van der Waals surface area contributed by atoms with Gasteiger partial charge >= 0.3 is 17.9 Å². The smallest absolute Gasteiger partial charge is 0.330 e. The molecule has 57 heavy (non-hydrogen) atoms. The highest BCUT2D eigenvalue weighted by Gasteiger charge is 2.70. The summed E-state index contributed by atoms with van der Waals surface area (Å²) in [6.07, 6.45) is 15.0. The molecule has 0 saturated heterocycles. The Hall–Kier alpha value is -2.82. The van der Waals surface area contributed by atoms with E-state index in [1.165, 1.54) is 25.9 Å². The van der Waals surface area contributed by atoms with E-state index in [9.17, 15) is 19.2 Å². The van der Waals surface area contributed by atoms with Gasteiger partial charge in [0.05, 0.1) is 19.6 Å². The van der Waals surface area contributed by atoms with Gasteiger partial charge in [-0.15, -0.1) is 12.4 Å². The lowest BCUT2D eigenvalue weighted by molar-refractivity contribution is -0.211. The molecule has 1 aromatic carbocycles. The number of rotatable bonds is 10. The van der Waals surface area contributed by atoms with Gasteiger partial charge in [0.15, 0.2) is 17.3 Å². The number of hydrogen-bond acceptors (Lipinski definition) is 10. The number of ketones is 1. The number of nitrogens with two attached hydrogens (primary N) is 1. The third-order valence-corrected chi connectivity index (χ3v) is 16.8. The third kappa shape index (κ3) is 7.62. The van der Waals surface area contributed by atoms with Crippen LogP contribution >= 0.6 is 24.2 Å². The van der Waals surface area contributed by atoms with Crippen LogP contribution in [0.15, 0.2) is 35.9 Å². The maximum atomic E-state index is 14.9. The molecule has 316 valence electrons. The van der Waals surface area contributed by atoms with E-state index in [0.29, 0.717) is 42.7 Å². The molecule has 1 aromatic rings. The summed E-state index contributed by atoms with van der Waals surface area (Å²) in [6.45, 7) is 16.0. The molecular formula is C46H66ClNO8S. The number of benzene rings is 1. The minimum Gasteiger partial charge on any atom is -0.493 e. The lowest BCUT2D eigenvalue weighted by atomic mass is 9.33. The lowest BCUT2D eigenvalue weighted by Crippen LogP contribution is -2.67. The zero-order valence-corrected chi connectivity index (χ0v) is 37.4. The fourth-order valence-corrected chi connectivity index (χ4v) is 13.0. The highest BCUT2D eigenvalue weighted by atomic mass is 35.5. The molecule has 2 N–H and O–H groups in total. The third-order valence-electron chi connectivity index (χ3n) is 16.2. The van der Waals surface area contributed by atoms with Crippen LogP contribution in [0.3, 0.4) is 0 Å². The van der Waals surface area contributed by atoms with Gasteiger partial charge < -0.3 is 24.7 Å². The number of carbonyl (C=O) groups is 4. The monoisotopic (exact) mass is 827 g/mol. The second-order valence-electron chi connectivity index (χ2n) is 19.6. The predicted molar refractivity (Wildman–Crippen MR) is 227 cm³/mol. The van der Waals surface area contributed by atoms with Crippen molar-refractivity contribution in [1.29, 1.82) is 0 Å². The number of carbonyl (C=O) groups excluding carboxylic acids is 4. The van der Waals surface area contributed by atoms with E-state index in [4.69, 9.17) is 24.7 Å². The quantitative estimate of drug-likeness (QED) is 0.138. The second kappa shape index (κ2) is 16.3. The number of allylic oxidation sites excluding steroid dienone is 2. The zero-order valence-electron chi connectivity index (χ0n) is 35.8. The SMILES string of the molecule is COC(=O)/C=C/c1ccc(OC(=O)[C@@]2(C)CC[C@]3(C)CC[C@]4(C)C(=CC(=O)[C@@H]5[C@@]6(C)CC[C@H](OC(=O)[C@@H](N)CCSC)C(C)(C)[C@@H]6CC[C@]54C)[C@H]3C2)c(OC)c1.Cl. The maximum absolute atomic E-state index is 14.9. The van der Waals surface area contributed by atoms with Crippen molar-refractivity contribution >= 4 is 53.9 Å². The highest BCUT2D eigenvalue weighted by Crippen LogP contribution is 2.75. The Balaban J connectivity index is 0.00000620. The van der Waals surface area contributed by atoms with Crippen molar-refractivity contribution in [2.75, 3.05) is 26.2 Å². The summed E-state index contributed by atoms with van der Waals surface area (Å²) in [5, 5.41) is 0. The fraction of sp³-hybridized carbons (Fsp3) is 0.696. The van der Waals surface area contributed by atoms with Crippen LogP contribution in [0, 0.1) is 50.2 Å². The fourth-order valence-electron chi connectivity index (χ4n) is 12.5. The normalized spacial score (nSPS) is 37.2. The zero-order chi connectivity index (χ0) is 41.1. The molecule has 0 radical (unpaired) electrons. The summed E-state index contributed by atoms with van der Waals surface area (Å²) in [5.74, 6) is 0.809. The first-order valence-electron chi connectivity index (χ1n) is 20.6. The molecule has 0 heterocycles. The number of fused-ring (bicyclic) bond motifs is 7. The Bertz CT molecular complexity index is 1810. The number of methoxy groups -OCH3 is 2. The average Bonchev–Trinajstić information content (AvgIpc) is 3.15. The lowest BCUT2D eigenvalue weighted by Gasteiger charge is -2.70. The Morgan fingerprint density at radius 1 is 0.947 bits per heavy atom. The van der Waals surface area contributed by atoms with E-state index < -0.39 is 17.4 Å². The topological polar surface area (TPSA) is 131 Å². The van der Waals surface area contributed by atoms with Crippen LogP contribution in [-0.4, -0.2) is 62.1 Å². The van der Waals surface area contributed by atoms with Crippen molar-refractivity contribution in [3.8, 4) is 11.5 Å². The molecule has 0 spiro atoms. The molecule has 0 aromatic heterocycles. The molecule has 10 atom stereocenters. The van der Waals surface area contributed by atoms with Crippen molar-refractivity contribution in [2.24, 2.45) is 56.0 Å². The van der Waals surface area contributed by atoms with E-state index in [2.05, 4.69) is 41.5 Å². The van der Waals surface area contributed by atoms with Crippen LogP contribution < -0.4 is 15.2 Å². The number of esters is 3. The average molecular weight is 829 g/mol. The van der Waals surface area contributed by atoms with Gasteiger partial charge in [-0.1, -0.05) is 53.2 Å². The summed E-state index contributed by atoms with van der Waals surface area (Å²) >= 11 is 1.68. The molecular weight excluding hydrogens is 762 g/mol. The second-order valence-corrected chi connectivity index (χ2v) is 20.6. The van der Waals surface area contributed by atoms with Crippen molar-refractivity contribution in [1.82, 2.24) is 0 Å². The van der Waals surface area contributed by atoms with Crippen molar-refractivity contribution in [3.05, 3.63) is 41.5 Å². The van der Waals surface area contributed by atoms with Crippen LogP contribution in [0.4, 0.5) is 0 Å². The molecule has 5 aliphatic rings. The summed E-state index contributed by atoms with van der Waals surface area (Å²) in [4.78, 5) is 53.9. The molecule has 4 fully saturated rings. The van der Waals surface area contributed by atoms with E-state index >= 15 is 0 Å². The van der Waals surface area contributed by atoms with E-state index in [0.717, 1.165) is 44.3 Å². The maximum Gasteiger partial charge on any atom is 0.330 e. The summed E-state index contributed by atoms with van der Waals surface area (Å²) in [6, 6.07) is 4.57. The van der Waals surface area contributed by atoms with Crippen LogP contribution in [0.2, 0.25) is 0 Å². The van der Waals surface area contributed by atoms with E-state index in [1.807, 2.05) is 19.3 Å². The minimum atomic E-state index is -0.764. The van der Waals surface area contributed by atoms with Crippen molar-refractivity contribution in [3.63, 3.8) is 0 Å². The number of ether oxygens (including phenoxy) is 4. The first-order valence-corrected chi connectivity index (χ1v) is 22.0. The van der Waals surface area contributed by atoms with Gasteiger partial charge in [0, 0.05) is 17.4 Å². The van der Waals surface area contributed by atoms with E-state index in [-0.39, 0.29) is 81.1 Å². The Kier molecular flexibility index (Phi) is 13.0. The molecule has 0 aliphatic heterocycles. The van der Waals surface area contributed by atoms with Crippen molar-refractivity contribution < 1.29 is 38.1 Å². The Morgan fingerprint density at radius 3 is 2.32 bits per heavy atom. The van der Waals surface area contributed by atoms with Crippen molar-refractivity contribution in [2.45, 2.75) is 125 Å². The Labute approximate surface area is 350 Å². The first-order chi connectivity index (χ1) is 26.2. The van der Waals surface area contributed by atoms with Gasteiger partial charge in [0.25, 0.3) is 0 Å². The van der Waals surface area contributed by atoms with E-state index in [1.54, 1.807) is 36.0 Å². The molecule has 9 nitrogen and oxygen atoms in total. The molecule has 5 aliphatic carbocycles. The predicted octanol–water partition coefficient (Wildman–Crippen LogP) is 9.18. The van der Waals surface area contributed by atoms with Gasteiger partial charge in [-0.05, 0) is 146 Å². The number of thioether (sulfide) groups is 1. The highest BCUT2D eigenvalue weighted by molar-refractivity contribution is 7.98. The van der Waals surface area contributed by atoms with Gasteiger partial charge in [-0.25, -0.2) is 4.79 Å². The first kappa shape index (κ1) is 45.3. The Morgan fingerprint density at radius 2 is 1.65 bits per heavy atom. The summed E-state index contributed by atoms with van der Waals surface area (Å²) in [5.41, 5.74) is 6.36. The van der Waals surface area contributed by atoms with Crippen LogP contribution in [0.5, 0.6) is 11.5 Å². The molecule has 0 unspecified atom stereocenters.